The fourth-order valence-corrected chi connectivity index (χ4v) is 3.79. The Labute approximate surface area is 122 Å². The Hall–Kier alpha value is -0.320. The van der Waals surface area contributed by atoms with Gasteiger partial charge in [0.2, 0.25) is 5.91 Å². The molecule has 3 aliphatic rings. The Morgan fingerprint density at radius 3 is 2.58 bits per heavy atom. The van der Waals surface area contributed by atoms with E-state index in [-0.39, 0.29) is 24.4 Å². The number of fused-ring (bicyclic) bond motifs is 1. The van der Waals surface area contributed by atoms with Crippen LogP contribution in [0, 0.1) is 5.92 Å². The van der Waals surface area contributed by atoms with E-state index >= 15 is 0 Å². The molecule has 0 radical (unpaired) electrons. The summed E-state index contributed by atoms with van der Waals surface area (Å²) in [5.74, 6) is 0.827. The quantitative estimate of drug-likeness (QED) is 0.831. The number of hydrogen-bond donors (Lipinski definition) is 1. The number of hydrogen-bond acceptors (Lipinski definition) is 3. The number of amides is 1. The van der Waals surface area contributed by atoms with Crippen LogP contribution in [0.5, 0.6) is 0 Å². The SMILES string of the molecule is CC(N)C(=O)N1CCC2C(CCCN2C2CC2)C1.Cl. The minimum atomic E-state index is -0.343. The van der Waals surface area contributed by atoms with E-state index in [4.69, 9.17) is 5.73 Å². The first kappa shape index (κ1) is 15.1. The summed E-state index contributed by atoms with van der Waals surface area (Å²) in [6, 6.07) is 1.27. The number of nitrogens with zero attached hydrogens (tertiary/aromatic N) is 2. The average Bonchev–Trinajstić information content (AvgIpc) is 3.20. The summed E-state index contributed by atoms with van der Waals surface area (Å²) in [6.07, 6.45) is 6.53. The lowest BCUT2D eigenvalue weighted by Gasteiger charge is -2.47. The second-order valence-electron chi connectivity index (χ2n) is 6.30. The van der Waals surface area contributed by atoms with E-state index in [2.05, 4.69) is 4.90 Å². The number of rotatable bonds is 2. The highest BCUT2D eigenvalue weighted by Gasteiger charge is 2.42. The molecule has 5 heteroatoms. The first-order chi connectivity index (χ1) is 8.66. The Balaban J connectivity index is 0.00000133. The van der Waals surface area contributed by atoms with Crippen LogP contribution in [0.1, 0.15) is 39.0 Å². The molecule has 0 spiro atoms. The molecule has 2 N–H and O–H groups in total. The van der Waals surface area contributed by atoms with E-state index in [1.165, 1.54) is 32.2 Å². The van der Waals surface area contributed by atoms with Crippen molar-refractivity contribution in [3.8, 4) is 0 Å². The molecule has 110 valence electrons. The van der Waals surface area contributed by atoms with Crippen molar-refractivity contribution in [3.05, 3.63) is 0 Å². The van der Waals surface area contributed by atoms with Gasteiger partial charge in [-0.25, -0.2) is 0 Å². The fourth-order valence-electron chi connectivity index (χ4n) is 3.79. The fraction of sp³-hybridized carbons (Fsp3) is 0.929. The molecule has 0 aromatic heterocycles. The van der Waals surface area contributed by atoms with Crippen molar-refractivity contribution in [2.45, 2.75) is 57.2 Å². The van der Waals surface area contributed by atoms with Gasteiger partial charge in [0.15, 0.2) is 0 Å². The predicted molar refractivity (Wildman–Crippen MR) is 78.3 cm³/mol. The monoisotopic (exact) mass is 287 g/mol. The number of halogens is 1. The molecule has 2 heterocycles. The Kier molecular flexibility index (Phi) is 4.75. The predicted octanol–water partition coefficient (Wildman–Crippen LogP) is 1.23. The molecule has 3 unspecified atom stereocenters. The van der Waals surface area contributed by atoms with Crippen molar-refractivity contribution < 1.29 is 4.79 Å². The summed E-state index contributed by atoms with van der Waals surface area (Å²) in [5, 5.41) is 0. The van der Waals surface area contributed by atoms with Crippen molar-refractivity contribution in [2.24, 2.45) is 11.7 Å². The second kappa shape index (κ2) is 5.98. The molecule has 1 saturated carbocycles. The average molecular weight is 288 g/mol. The van der Waals surface area contributed by atoms with Crippen LogP contribution in [-0.2, 0) is 4.79 Å². The van der Waals surface area contributed by atoms with Gasteiger partial charge in [0, 0.05) is 25.2 Å². The summed E-state index contributed by atoms with van der Waals surface area (Å²) in [6.45, 7) is 4.93. The highest BCUT2D eigenvalue weighted by atomic mass is 35.5. The van der Waals surface area contributed by atoms with Gasteiger partial charge in [-0.1, -0.05) is 0 Å². The van der Waals surface area contributed by atoms with Gasteiger partial charge < -0.3 is 10.6 Å². The van der Waals surface area contributed by atoms with Crippen LogP contribution in [-0.4, -0.2) is 53.5 Å². The normalized spacial score (nSPS) is 33.3. The first-order valence-corrected chi connectivity index (χ1v) is 7.47. The number of carbonyl (C=O) groups excluding carboxylic acids is 1. The van der Waals surface area contributed by atoms with Crippen molar-refractivity contribution in [2.75, 3.05) is 19.6 Å². The Morgan fingerprint density at radius 2 is 1.95 bits per heavy atom. The molecule has 3 rings (SSSR count). The molecule has 0 bridgehead atoms. The smallest absolute Gasteiger partial charge is 0.239 e. The van der Waals surface area contributed by atoms with Gasteiger partial charge in [0.25, 0.3) is 0 Å². The third kappa shape index (κ3) is 3.06. The molecule has 3 atom stereocenters. The lowest BCUT2D eigenvalue weighted by atomic mass is 9.83. The number of nitrogens with two attached hydrogens (primary N) is 1. The molecular formula is C14H26ClN3O. The van der Waals surface area contributed by atoms with Crippen LogP contribution < -0.4 is 5.73 Å². The summed E-state index contributed by atoms with van der Waals surface area (Å²) < 4.78 is 0. The molecular weight excluding hydrogens is 262 g/mol. The van der Waals surface area contributed by atoms with E-state index in [0.29, 0.717) is 5.92 Å². The highest BCUT2D eigenvalue weighted by Crippen LogP contribution is 2.38. The van der Waals surface area contributed by atoms with Crippen LogP contribution in [0.3, 0.4) is 0 Å². The second-order valence-corrected chi connectivity index (χ2v) is 6.30. The topological polar surface area (TPSA) is 49.6 Å². The molecule has 1 aliphatic carbocycles. The summed E-state index contributed by atoms with van der Waals surface area (Å²) in [5.41, 5.74) is 5.72. The van der Waals surface area contributed by atoms with E-state index < -0.39 is 0 Å². The molecule has 4 nitrogen and oxygen atoms in total. The van der Waals surface area contributed by atoms with Gasteiger partial charge in [-0.2, -0.15) is 0 Å². The zero-order chi connectivity index (χ0) is 12.7. The van der Waals surface area contributed by atoms with E-state index in [9.17, 15) is 4.79 Å². The zero-order valence-electron chi connectivity index (χ0n) is 11.8. The molecule has 0 aromatic carbocycles. The zero-order valence-corrected chi connectivity index (χ0v) is 12.6. The summed E-state index contributed by atoms with van der Waals surface area (Å²) in [7, 11) is 0. The Bertz CT molecular complexity index is 333. The van der Waals surface area contributed by atoms with Crippen molar-refractivity contribution in [1.82, 2.24) is 9.80 Å². The molecule has 3 fully saturated rings. The van der Waals surface area contributed by atoms with E-state index in [0.717, 1.165) is 31.6 Å². The van der Waals surface area contributed by atoms with Crippen LogP contribution in [0.15, 0.2) is 0 Å². The molecule has 0 aromatic rings. The summed E-state index contributed by atoms with van der Waals surface area (Å²) in [4.78, 5) is 16.7. The van der Waals surface area contributed by atoms with Gasteiger partial charge in [0.1, 0.15) is 0 Å². The molecule has 2 aliphatic heterocycles. The standard InChI is InChI=1S/C14H25N3O.ClH/c1-10(15)14(18)16-8-6-13-11(9-16)3-2-7-17(13)12-4-5-12;/h10-13H,2-9,15H2,1H3;1H. The Morgan fingerprint density at radius 1 is 1.21 bits per heavy atom. The van der Waals surface area contributed by atoms with Gasteiger partial charge in [-0.15, -0.1) is 12.4 Å². The third-order valence-corrected chi connectivity index (χ3v) is 4.83. The lowest BCUT2D eigenvalue weighted by molar-refractivity contribution is -0.136. The van der Waals surface area contributed by atoms with Crippen LogP contribution >= 0.6 is 12.4 Å². The third-order valence-electron chi connectivity index (χ3n) is 4.83. The summed E-state index contributed by atoms with van der Waals surface area (Å²) >= 11 is 0. The van der Waals surface area contributed by atoms with E-state index in [1.807, 2.05) is 4.90 Å². The van der Waals surface area contributed by atoms with Crippen LogP contribution in [0.2, 0.25) is 0 Å². The van der Waals surface area contributed by atoms with Gasteiger partial charge in [0.05, 0.1) is 6.04 Å². The molecule has 2 saturated heterocycles. The maximum absolute atomic E-state index is 12.0. The van der Waals surface area contributed by atoms with Gasteiger partial charge in [-0.3, -0.25) is 9.69 Å². The van der Waals surface area contributed by atoms with Crippen molar-refractivity contribution >= 4 is 18.3 Å². The minimum absolute atomic E-state index is 0. The highest BCUT2D eigenvalue weighted by molar-refractivity contribution is 5.85. The van der Waals surface area contributed by atoms with Crippen LogP contribution in [0.4, 0.5) is 0 Å². The first-order valence-electron chi connectivity index (χ1n) is 7.47. The number of carbonyl (C=O) groups is 1. The van der Waals surface area contributed by atoms with Crippen LogP contribution in [0.25, 0.3) is 0 Å². The molecule has 19 heavy (non-hydrogen) atoms. The van der Waals surface area contributed by atoms with Crippen molar-refractivity contribution in [1.29, 1.82) is 0 Å². The largest absolute Gasteiger partial charge is 0.341 e. The van der Waals surface area contributed by atoms with Gasteiger partial charge >= 0.3 is 0 Å². The van der Waals surface area contributed by atoms with E-state index in [1.54, 1.807) is 6.92 Å². The maximum Gasteiger partial charge on any atom is 0.239 e. The lowest BCUT2D eigenvalue weighted by Crippen LogP contribution is -2.57. The number of likely N-dealkylation sites (tertiary alicyclic amines) is 2. The van der Waals surface area contributed by atoms with Crippen molar-refractivity contribution in [3.63, 3.8) is 0 Å². The maximum atomic E-state index is 12.0. The molecule has 1 amide bonds. The number of piperidine rings is 2. The van der Waals surface area contributed by atoms with Gasteiger partial charge in [-0.05, 0) is 51.5 Å². The minimum Gasteiger partial charge on any atom is -0.341 e.